The summed E-state index contributed by atoms with van der Waals surface area (Å²) in [5.41, 5.74) is 0.858. The molecular weight excluding hydrogens is 308 g/mol. The van der Waals surface area contributed by atoms with Gasteiger partial charge in [-0.3, -0.25) is 4.79 Å². The number of methoxy groups -OCH3 is 1. The van der Waals surface area contributed by atoms with Crippen LogP contribution in [-0.4, -0.2) is 55.9 Å². The van der Waals surface area contributed by atoms with Gasteiger partial charge >= 0.3 is 0 Å². The Balaban J connectivity index is 0.00000242. The first-order valence-electron chi connectivity index (χ1n) is 7.01. The fraction of sp³-hybridized carbons (Fsp3) is 0.533. The number of ether oxygens (including phenoxy) is 2. The van der Waals surface area contributed by atoms with Gasteiger partial charge < -0.3 is 24.8 Å². The maximum atomic E-state index is 12.2. The second-order valence-electron chi connectivity index (χ2n) is 5.19. The summed E-state index contributed by atoms with van der Waals surface area (Å²) in [5, 5.41) is 13.0. The van der Waals surface area contributed by atoms with E-state index in [4.69, 9.17) is 9.47 Å². The van der Waals surface area contributed by atoms with Crippen LogP contribution in [0.2, 0.25) is 0 Å². The van der Waals surface area contributed by atoms with Crippen molar-refractivity contribution >= 4 is 18.3 Å². The molecule has 1 saturated heterocycles. The van der Waals surface area contributed by atoms with Gasteiger partial charge in [0.15, 0.2) is 11.5 Å². The smallest absolute Gasteiger partial charge is 0.224 e. The Hall–Kier alpha value is -1.50. The van der Waals surface area contributed by atoms with E-state index >= 15 is 0 Å². The topological polar surface area (TPSA) is 71.0 Å². The van der Waals surface area contributed by atoms with Crippen molar-refractivity contribution in [1.82, 2.24) is 10.2 Å². The van der Waals surface area contributed by atoms with E-state index in [1.165, 1.54) is 7.11 Å². The van der Waals surface area contributed by atoms with Crippen LogP contribution in [-0.2, 0) is 16.1 Å². The van der Waals surface area contributed by atoms with Gasteiger partial charge in [0.2, 0.25) is 5.91 Å². The standard InChI is InChI=1S/C15H22N2O4.ClH/c1-17(15(19)8-12-10-21-6-5-16-12)9-11-3-4-14(20-2)13(18)7-11;/h3-4,7,12,16,18H,5-6,8-10H2,1-2H3;1H. The highest BCUT2D eigenvalue weighted by atomic mass is 35.5. The lowest BCUT2D eigenvalue weighted by atomic mass is 10.1. The normalized spacial score (nSPS) is 17.5. The molecule has 22 heavy (non-hydrogen) atoms. The van der Waals surface area contributed by atoms with Crippen molar-refractivity contribution in [3.63, 3.8) is 0 Å². The molecule has 1 heterocycles. The molecule has 0 saturated carbocycles. The van der Waals surface area contributed by atoms with Gasteiger partial charge in [0.25, 0.3) is 0 Å². The van der Waals surface area contributed by atoms with E-state index in [1.807, 2.05) is 6.07 Å². The second-order valence-corrected chi connectivity index (χ2v) is 5.19. The second kappa shape index (κ2) is 8.82. The van der Waals surface area contributed by atoms with Crippen LogP contribution in [0.25, 0.3) is 0 Å². The third-order valence-electron chi connectivity index (χ3n) is 3.51. The van der Waals surface area contributed by atoms with Crippen LogP contribution < -0.4 is 10.1 Å². The number of rotatable bonds is 5. The number of benzene rings is 1. The minimum absolute atomic E-state index is 0. The number of phenolic OH excluding ortho intramolecular Hbond substituents is 1. The Morgan fingerprint density at radius 3 is 2.91 bits per heavy atom. The van der Waals surface area contributed by atoms with E-state index in [9.17, 15) is 9.90 Å². The average molecular weight is 331 g/mol. The van der Waals surface area contributed by atoms with Crippen molar-refractivity contribution in [1.29, 1.82) is 0 Å². The lowest BCUT2D eigenvalue weighted by Gasteiger charge is -2.25. The van der Waals surface area contributed by atoms with Crippen LogP contribution in [0.3, 0.4) is 0 Å². The summed E-state index contributed by atoms with van der Waals surface area (Å²) in [6, 6.07) is 5.23. The number of amides is 1. The average Bonchev–Trinajstić information content (AvgIpc) is 2.48. The van der Waals surface area contributed by atoms with Gasteiger partial charge in [0.05, 0.1) is 20.3 Å². The monoisotopic (exact) mass is 330 g/mol. The zero-order chi connectivity index (χ0) is 15.2. The predicted octanol–water partition coefficient (Wildman–Crippen LogP) is 1.16. The Kier molecular flexibility index (Phi) is 7.44. The van der Waals surface area contributed by atoms with Crippen LogP contribution in [0.1, 0.15) is 12.0 Å². The van der Waals surface area contributed by atoms with Crippen molar-refractivity contribution in [2.24, 2.45) is 0 Å². The van der Waals surface area contributed by atoms with E-state index in [0.29, 0.717) is 31.9 Å². The van der Waals surface area contributed by atoms with Gasteiger partial charge in [-0.25, -0.2) is 0 Å². The molecule has 1 amide bonds. The van der Waals surface area contributed by atoms with Gasteiger partial charge in [-0.15, -0.1) is 12.4 Å². The molecule has 0 aromatic heterocycles. The van der Waals surface area contributed by atoms with E-state index in [-0.39, 0.29) is 30.1 Å². The van der Waals surface area contributed by atoms with E-state index in [0.717, 1.165) is 12.1 Å². The number of aromatic hydroxyl groups is 1. The molecule has 1 aliphatic rings. The maximum absolute atomic E-state index is 12.2. The predicted molar refractivity (Wildman–Crippen MR) is 85.6 cm³/mol. The summed E-state index contributed by atoms with van der Waals surface area (Å²) in [4.78, 5) is 13.8. The lowest BCUT2D eigenvalue weighted by Crippen LogP contribution is -2.44. The Labute approximate surface area is 136 Å². The van der Waals surface area contributed by atoms with E-state index in [1.54, 1.807) is 24.1 Å². The summed E-state index contributed by atoms with van der Waals surface area (Å²) >= 11 is 0. The lowest BCUT2D eigenvalue weighted by molar-refractivity contribution is -0.131. The molecule has 0 spiro atoms. The third-order valence-corrected chi connectivity index (χ3v) is 3.51. The highest BCUT2D eigenvalue weighted by Gasteiger charge is 2.19. The van der Waals surface area contributed by atoms with Crippen LogP contribution in [0, 0.1) is 0 Å². The molecule has 1 aromatic rings. The SMILES string of the molecule is COc1ccc(CN(C)C(=O)CC2COCCN2)cc1O.Cl. The maximum Gasteiger partial charge on any atom is 0.224 e. The molecule has 0 aliphatic carbocycles. The molecule has 1 aromatic carbocycles. The third kappa shape index (κ3) is 5.05. The molecule has 1 aliphatic heterocycles. The highest BCUT2D eigenvalue weighted by Crippen LogP contribution is 2.26. The van der Waals surface area contributed by atoms with Gasteiger partial charge in [0, 0.05) is 32.6 Å². The van der Waals surface area contributed by atoms with Crippen molar-refractivity contribution in [3.8, 4) is 11.5 Å². The van der Waals surface area contributed by atoms with Crippen LogP contribution in [0.4, 0.5) is 0 Å². The number of carbonyl (C=O) groups excluding carboxylic acids is 1. The molecule has 1 fully saturated rings. The summed E-state index contributed by atoms with van der Waals surface area (Å²) < 4.78 is 10.3. The summed E-state index contributed by atoms with van der Waals surface area (Å²) in [6.45, 7) is 2.51. The van der Waals surface area contributed by atoms with Gasteiger partial charge in [-0.1, -0.05) is 6.07 Å². The molecule has 2 rings (SSSR count). The number of nitrogens with one attached hydrogen (secondary N) is 1. The number of halogens is 1. The summed E-state index contributed by atoms with van der Waals surface area (Å²) in [5.74, 6) is 0.558. The summed E-state index contributed by atoms with van der Waals surface area (Å²) in [6.07, 6.45) is 0.415. The molecular formula is C15H23ClN2O4. The first-order valence-corrected chi connectivity index (χ1v) is 7.01. The quantitative estimate of drug-likeness (QED) is 0.847. The van der Waals surface area contributed by atoms with E-state index < -0.39 is 0 Å². The van der Waals surface area contributed by atoms with Gasteiger partial charge in [-0.2, -0.15) is 0 Å². The highest BCUT2D eigenvalue weighted by molar-refractivity contribution is 5.85. The summed E-state index contributed by atoms with van der Waals surface area (Å²) in [7, 11) is 3.26. The van der Waals surface area contributed by atoms with Gasteiger partial charge in [-0.05, 0) is 17.7 Å². The molecule has 124 valence electrons. The number of nitrogens with zero attached hydrogens (tertiary/aromatic N) is 1. The van der Waals surface area contributed by atoms with Gasteiger partial charge in [0.1, 0.15) is 0 Å². The van der Waals surface area contributed by atoms with Crippen molar-refractivity contribution in [3.05, 3.63) is 23.8 Å². The number of phenols is 1. The fourth-order valence-electron chi connectivity index (χ4n) is 2.31. The van der Waals surface area contributed by atoms with Crippen LogP contribution in [0.5, 0.6) is 11.5 Å². The first kappa shape index (κ1) is 18.5. The zero-order valence-corrected chi connectivity index (χ0v) is 13.7. The van der Waals surface area contributed by atoms with Crippen molar-refractivity contribution in [2.45, 2.75) is 19.0 Å². The fourth-order valence-corrected chi connectivity index (χ4v) is 2.31. The van der Waals surface area contributed by atoms with Crippen molar-refractivity contribution in [2.75, 3.05) is 33.9 Å². The van der Waals surface area contributed by atoms with Crippen molar-refractivity contribution < 1.29 is 19.4 Å². The van der Waals surface area contributed by atoms with Crippen LogP contribution >= 0.6 is 12.4 Å². The minimum atomic E-state index is 0. The Bertz CT molecular complexity index is 492. The molecule has 0 bridgehead atoms. The largest absolute Gasteiger partial charge is 0.504 e. The molecule has 1 unspecified atom stereocenters. The van der Waals surface area contributed by atoms with Crippen LogP contribution in [0.15, 0.2) is 18.2 Å². The van der Waals surface area contributed by atoms with E-state index in [2.05, 4.69) is 5.32 Å². The molecule has 2 N–H and O–H groups in total. The number of hydrogen-bond donors (Lipinski definition) is 2. The molecule has 0 radical (unpaired) electrons. The zero-order valence-electron chi connectivity index (χ0n) is 12.9. The minimum Gasteiger partial charge on any atom is -0.504 e. The molecule has 7 heteroatoms. The Morgan fingerprint density at radius 1 is 1.55 bits per heavy atom. The first-order chi connectivity index (χ1) is 10.1. The molecule has 1 atom stereocenters. The molecule has 6 nitrogen and oxygen atoms in total. The number of carbonyl (C=O) groups is 1. The Morgan fingerprint density at radius 2 is 2.32 bits per heavy atom. The number of morpholine rings is 1. The number of hydrogen-bond acceptors (Lipinski definition) is 5.